The van der Waals surface area contributed by atoms with Crippen LogP contribution in [0.1, 0.15) is 50.7 Å². The monoisotopic (exact) mass is 291 g/mol. The molecule has 1 aromatic rings. The lowest BCUT2D eigenvalue weighted by molar-refractivity contribution is 0.172. The number of ether oxygens (including phenoxy) is 1. The number of aliphatic hydroxyl groups excluding tert-OH is 1. The molecule has 21 heavy (non-hydrogen) atoms. The lowest BCUT2D eigenvalue weighted by Gasteiger charge is -2.26. The van der Waals surface area contributed by atoms with Crippen LogP contribution in [0.3, 0.4) is 0 Å². The summed E-state index contributed by atoms with van der Waals surface area (Å²) in [5.74, 6) is 2.60. The zero-order valence-corrected chi connectivity index (χ0v) is 13.3. The fraction of sp³-hybridized carbons (Fsp3) is 0.667. The predicted molar refractivity (Wildman–Crippen MR) is 86.6 cm³/mol. The Morgan fingerprint density at radius 2 is 2.05 bits per heavy atom. The van der Waals surface area contributed by atoms with E-state index in [2.05, 4.69) is 12.2 Å². The molecule has 0 heterocycles. The number of hydrogen-bond acceptors (Lipinski definition) is 3. The van der Waals surface area contributed by atoms with Gasteiger partial charge in [0.1, 0.15) is 5.75 Å². The molecule has 3 atom stereocenters. The van der Waals surface area contributed by atoms with Crippen LogP contribution < -0.4 is 10.1 Å². The van der Waals surface area contributed by atoms with Gasteiger partial charge in [0.05, 0.1) is 13.2 Å². The highest BCUT2D eigenvalue weighted by Gasteiger charge is 2.18. The topological polar surface area (TPSA) is 41.5 Å². The Kier molecular flexibility index (Phi) is 6.52. The van der Waals surface area contributed by atoms with Crippen LogP contribution in [0.15, 0.2) is 24.3 Å². The molecule has 1 aliphatic carbocycles. The summed E-state index contributed by atoms with van der Waals surface area (Å²) in [6.07, 6.45) is 6.34. The van der Waals surface area contributed by atoms with Crippen LogP contribution in [0.4, 0.5) is 0 Å². The van der Waals surface area contributed by atoms with Gasteiger partial charge in [-0.3, -0.25) is 0 Å². The minimum Gasteiger partial charge on any atom is -0.497 e. The molecule has 1 aromatic carbocycles. The summed E-state index contributed by atoms with van der Waals surface area (Å²) in [7, 11) is 1.65. The maximum absolute atomic E-state index is 10.2. The first-order valence-electron chi connectivity index (χ1n) is 8.21. The van der Waals surface area contributed by atoms with Crippen LogP contribution >= 0.6 is 0 Å². The summed E-state index contributed by atoms with van der Waals surface area (Å²) >= 11 is 0. The molecule has 0 aliphatic heterocycles. The second-order valence-corrected chi connectivity index (χ2v) is 6.42. The Bertz CT molecular complexity index is 404. The van der Waals surface area contributed by atoms with Crippen molar-refractivity contribution in [1.82, 2.24) is 5.32 Å². The minimum atomic E-state index is -0.443. The third-order valence-electron chi connectivity index (χ3n) is 4.61. The average Bonchev–Trinajstić information content (AvgIpc) is 2.51. The molecule has 3 unspecified atom stereocenters. The standard InChI is InChI=1S/C18H29NO2/c1-14-4-3-5-15(12-14)10-11-19-13-18(20)16-6-8-17(21-2)9-7-16/h6-9,14-15,18-20H,3-5,10-13H2,1-2H3. The van der Waals surface area contributed by atoms with Crippen LogP contribution in [-0.4, -0.2) is 25.3 Å². The zero-order valence-electron chi connectivity index (χ0n) is 13.3. The van der Waals surface area contributed by atoms with Crippen molar-refractivity contribution in [2.24, 2.45) is 11.8 Å². The van der Waals surface area contributed by atoms with Crippen LogP contribution in [0, 0.1) is 11.8 Å². The third-order valence-corrected chi connectivity index (χ3v) is 4.61. The smallest absolute Gasteiger partial charge is 0.118 e. The molecule has 3 nitrogen and oxygen atoms in total. The van der Waals surface area contributed by atoms with Crippen LogP contribution in [0.5, 0.6) is 5.75 Å². The van der Waals surface area contributed by atoms with E-state index in [4.69, 9.17) is 4.74 Å². The van der Waals surface area contributed by atoms with Gasteiger partial charge in [0, 0.05) is 6.54 Å². The molecule has 1 fully saturated rings. The van der Waals surface area contributed by atoms with Crippen molar-refractivity contribution in [2.45, 2.75) is 45.1 Å². The molecule has 2 N–H and O–H groups in total. The van der Waals surface area contributed by atoms with Crippen molar-refractivity contribution in [3.63, 3.8) is 0 Å². The SMILES string of the molecule is COc1ccc(C(O)CNCCC2CCCC(C)C2)cc1. The summed E-state index contributed by atoms with van der Waals surface area (Å²) < 4.78 is 5.13. The van der Waals surface area contributed by atoms with Gasteiger partial charge < -0.3 is 15.2 Å². The first-order chi connectivity index (χ1) is 10.2. The molecule has 0 aromatic heterocycles. The summed E-state index contributed by atoms with van der Waals surface area (Å²) in [6.45, 7) is 3.99. The molecule has 3 heteroatoms. The maximum atomic E-state index is 10.2. The number of aliphatic hydroxyl groups is 1. The fourth-order valence-corrected chi connectivity index (χ4v) is 3.31. The molecule has 1 saturated carbocycles. The second kappa shape index (κ2) is 8.40. The van der Waals surface area contributed by atoms with Crippen molar-refractivity contribution >= 4 is 0 Å². The average molecular weight is 291 g/mol. The van der Waals surface area contributed by atoms with Gasteiger partial charge in [-0.05, 0) is 48.9 Å². The maximum Gasteiger partial charge on any atom is 0.118 e. The van der Waals surface area contributed by atoms with Gasteiger partial charge in [0.25, 0.3) is 0 Å². The summed E-state index contributed by atoms with van der Waals surface area (Å²) in [5.41, 5.74) is 0.939. The lowest BCUT2D eigenvalue weighted by Crippen LogP contribution is -2.25. The number of benzene rings is 1. The fourth-order valence-electron chi connectivity index (χ4n) is 3.31. The van der Waals surface area contributed by atoms with Crippen LogP contribution in [-0.2, 0) is 0 Å². The van der Waals surface area contributed by atoms with Gasteiger partial charge in [0.15, 0.2) is 0 Å². The molecule has 2 rings (SSSR count). The molecule has 0 saturated heterocycles. The highest BCUT2D eigenvalue weighted by atomic mass is 16.5. The number of rotatable bonds is 7. The van der Waals surface area contributed by atoms with Gasteiger partial charge in [0.2, 0.25) is 0 Å². The quantitative estimate of drug-likeness (QED) is 0.755. The van der Waals surface area contributed by atoms with Gasteiger partial charge >= 0.3 is 0 Å². The Morgan fingerprint density at radius 1 is 1.29 bits per heavy atom. The van der Waals surface area contributed by atoms with Crippen molar-refractivity contribution < 1.29 is 9.84 Å². The molecule has 1 aliphatic rings. The molecular formula is C18H29NO2. The van der Waals surface area contributed by atoms with Gasteiger partial charge in [-0.25, -0.2) is 0 Å². The van der Waals surface area contributed by atoms with Crippen LogP contribution in [0.2, 0.25) is 0 Å². The van der Waals surface area contributed by atoms with E-state index in [1.54, 1.807) is 7.11 Å². The molecule has 0 radical (unpaired) electrons. The van der Waals surface area contributed by atoms with Crippen molar-refractivity contribution in [3.8, 4) is 5.75 Å². The van der Waals surface area contributed by atoms with E-state index < -0.39 is 6.10 Å². The Balaban J connectivity index is 1.65. The van der Waals surface area contributed by atoms with E-state index in [1.807, 2.05) is 24.3 Å². The highest BCUT2D eigenvalue weighted by molar-refractivity contribution is 5.28. The van der Waals surface area contributed by atoms with Crippen LogP contribution in [0.25, 0.3) is 0 Å². The molecule has 0 bridgehead atoms. The molecular weight excluding hydrogens is 262 g/mol. The Morgan fingerprint density at radius 3 is 2.71 bits per heavy atom. The lowest BCUT2D eigenvalue weighted by atomic mass is 9.81. The molecule has 0 spiro atoms. The van der Waals surface area contributed by atoms with Crippen molar-refractivity contribution in [2.75, 3.05) is 20.2 Å². The number of nitrogens with one attached hydrogen (secondary N) is 1. The highest BCUT2D eigenvalue weighted by Crippen LogP contribution is 2.30. The first kappa shape index (κ1) is 16.3. The Labute approximate surface area is 128 Å². The second-order valence-electron chi connectivity index (χ2n) is 6.42. The van der Waals surface area contributed by atoms with E-state index in [0.717, 1.165) is 29.7 Å². The van der Waals surface area contributed by atoms with E-state index in [1.165, 1.54) is 32.1 Å². The van der Waals surface area contributed by atoms with E-state index >= 15 is 0 Å². The van der Waals surface area contributed by atoms with Gasteiger partial charge in [-0.15, -0.1) is 0 Å². The van der Waals surface area contributed by atoms with Gasteiger partial charge in [-0.2, -0.15) is 0 Å². The third kappa shape index (κ3) is 5.33. The Hall–Kier alpha value is -1.06. The van der Waals surface area contributed by atoms with Gasteiger partial charge in [-0.1, -0.05) is 38.3 Å². The first-order valence-corrected chi connectivity index (χ1v) is 8.21. The van der Waals surface area contributed by atoms with E-state index in [0.29, 0.717) is 6.54 Å². The van der Waals surface area contributed by atoms with Crippen molar-refractivity contribution in [1.29, 1.82) is 0 Å². The molecule has 118 valence electrons. The van der Waals surface area contributed by atoms with E-state index in [-0.39, 0.29) is 0 Å². The summed E-state index contributed by atoms with van der Waals surface area (Å²) in [6, 6.07) is 7.63. The normalized spacial score (nSPS) is 23.8. The van der Waals surface area contributed by atoms with E-state index in [9.17, 15) is 5.11 Å². The number of methoxy groups -OCH3 is 1. The largest absolute Gasteiger partial charge is 0.497 e. The summed E-state index contributed by atoms with van der Waals surface area (Å²) in [5, 5.41) is 13.6. The predicted octanol–water partition coefficient (Wildman–Crippen LogP) is 3.53. The summed E-state index contributed by atoms with van der Waals surface area (Å²) in [4.78, 5) is 0. The number of hydrogen-bond donors (Lipinski definition) is 2. The van der Waals surface area contributed by atoms with Crippen molar-refractivity contribution in [3.05, 3.63) is 29.8 Å². The molecule has 0 amide bonds. The minimum absolute atomic E-state index is 0.443. The zero-order chi connectivity index (χ0) is 15.1.